The number of aryl methyl sites for hydroxylation is 2. The lowest BCUT2D eigenvalue weighted by Crippen LogP contribution is -2.36. The minimum absolute atomic E-state index is 0.296. The van der Waals surface area contributed by atoms with Crippen LogP contribution in [0.5, 0.6) is 0 Å². The zero-order valence-corrected chi connectivity index (χ0v) is 17.8. The van der Waals surface area contributed by atoms with Crippen LogP contribution in [0.1, 0.15) is 52.3 Å². The summed E-state index contributed by atoms with van der Waals surface area (Å²) in [5.74, 6) is 2.12. The molecule has 0 radical (unpaired) electrons. The molecule has 0 aliphatic heterocycles. The third kappa shape index (κ3) is 4.96. The van der Waals surface area contributed by atoms with Crippen molar-refractivity contribution in [2.24, 2.45) is 10.7 Å². The Bertz CT molecular complexity index is 988. The number of unbranched alkanes of at least 4 members (excludes halogenated alkanes) is 2. The Labute approximate surface area is 172 Å². The van der Waals surface area contributed by atoms with Gasteiger partial charge in [-0.25, -0.2) is 9.97 Å². The van der Waals surface area contributed by atoms with Crippen molar-refractivity contribution >= 4 is 33.7 Å². The van der Waals surface area contributed by atoms with Crippen molar-refractivity contribution < 1.29 is 0 Å². The fraction of sp³-hybridized carbons (Fsp3) is 0.500. The molecule has 0 saturated carbocycles. The van der Waals surface area contributed by atoms with Crippen LogP contribution in [0.2, 0.25) is 0 Å². The van der Waals surface area contributed by atoms with Crippen LogP contribution in [-0.4, -0.2) is 33.1 Å². The Morgan fingerprint density at radius 3 is 2.72 bits per heavy atom. The quantitative estimate of drug-likeness (QED) is 0.291. The average molecular weight is 396 g/mol. The van der Waals surface area contributed by atoms with Crippen molar-refractivity contribution in [3.8, 4) is 0 Å². The highest BCUT2D eigenvalue weighted by Gasteiger charge is 2.16. The van der Waals surface area contributed by atoms with Crippen LogP contribution in [0.4, 0.5) is 5.82 Å². The van der Waals surface area contributed by atoms with Gasteiger partial charge in [-0.15, -0.1) is 0 Å². The van der Waals surface area contributed by atoms with Gasteiger partial charge in [0.1, 0.15) is 11.3 Å². The van der Waals surface area contributed by atoms with Gasteiger partial charge in [-0.2, -0.15) is 0 Å². The molecule has 0 fully saturated rings. The summed E-state index contributed by atoms with van der Waals surface area (Å²) in [5.41, 5.74) is 15.0. The van der Waals surface area contributed by atoms with Crippen LogP contribution in [0.3, 0.4) is 0 Å². The van der Waals surface area contributed by atoms with Crippen LogP contribution in [-0.2, 0) is 13.0 Å². The average Bonchev–Trinajstić information content (AvgIpc) is 3.05. The molecule has 29 heavy (non-hydrogen) atoms. The Morgan fingerprint density at radius 2 is 1.97 bits per heavy atom. The van der Waals surface area contributed by atoms with E-state index in [0.29, 0.717) is 24.4 Å². The summed E-state index contributed by atoms with van der Waals surface area (Å²) in [6.45, 7) is 7.90. The van der Waals surface area contributed by atoms with Gasteiger partial charge < -0.3 is 21.4 Å². The molecule has 2 heterocycles. The number of nitrogen functional groups attached to an aromatic ring is 1. The lowest BCUT2D eigenvalue weighted by molar-refractivity contribution is 0.592. The summed E-state index contributed by atoms with van der Waals surface area (Å²) in [6, 6.07) is 8.45. The number of aliphatic imine (C=N–C) groups is 1. The normalized spacial score (nSPS) is 12.3. The number of rotatable bonds is 9. The van der Waals surface area contributed by atoms with E-state index in [0.717, 1.165) is 66.4 Å². The monoisotopic (exact) mass is 395 g/mol. The van der Waals surface area contributed by atoms with Crippen molar-refractivity contribution in [2.45, 2.75) is 65.5 Å². The highest BCUT2D eigenvalue weighted by molar-refractivity contribution is 6.06. The molecule has 0 aliphatic rings. The van der Waals surface area contributed by atoms with Crippen molar-refractivity contribution in [1.29, 1.82) is 0 Å². The third-order valence-corrected chi connectivity index (χ3v) is 4.95. The largest absolute Gasteiger partial charge is 0.382 e. The molecular weight excluding hydrogens is 362 g/mol. The minimum Gasteiger partial charge on any atom is -0.382 e. The molecule has 0 spiro atoms. The molecule has 0 unspecified atom stereocenters. The fourth-order valence-electron chi connectivity index (χ4n) is 3.59. The molecule has 0 saturated heterocycles. The van der Waals surface area contributed by atoms with E-state index in [9.17, 15) is 0 Å². The van der Waals surface area contributed by atoms with Crippen LogP contribution < -0.4 is 16.8 Å². The Hall–Kier alpha value is -2.83. The first kappa shape index (κ1) is 20.9. The van der Waals surface area contributed by atoms with Crippen LogP contribution in [0.15, 0.2) is 29.3 Å². The van der Waals surface area contributed by atoms with E-state index in [1.54, 1.807) is 0 Å². The van der Waals surface area contributed by atoms with Gasteiger partial charge in [0.25, 0.3) is 0 Å². The molecule has 0 amide bonds. The van der Waals surface area contributed by atoms with Crippen LogP contribution in [0.25, 0.3) is 21.9 Å². The van der Waals surface area contributed by atoms with E-state index < -0.39 is 0 Å². The van der Waals surface area contributed by atoms with E-state index in [2.05, 4.69) is 46.7 Å². The molecule has 7 nitrogen and oxygen atoms in total. The van der Waals surface area contributed by atoms with Gasteiger partial charge >= 0.3 is 0 Å². The zero-order chi connectivity index (χ0) is 20.8. The lowest BCUT2D eigenvalue weighted by atomic mass is 10.2. The first-order valence-electron chi connectivity index (χ1n) is 10.6. The van der Waals surface area contributed by atoms with E-state index in [4.69, 9.17) is 16.5 Å². The summed E-state index contributed by atoms with van der Waals surface area (Å²) in [7, 11) is 0. The number of anilines is 1. The van der Waals surface area contributed by atoms with Crippen LogP contribution in [0, 0.1) is 0 Å². The molecule has 3 aromatic rings. The van der Waals surface area contributed by atoms with E-state index >= 15 is 0 Å². The standard InChI is InChI=1S/C22H33N7/c1-4-5-12-18-28-19-20(16-10-6-7-11-17(16)27-21(19)23)29(18)14-9-8-13-25-22(24)26-15(2)3/h6-7,10-11,15H,4-5,8-9,12-14H2,1-3H3,(H2,23,27)(H3,24,25,26). The number of hydrogen-bond donors (Lipinski definition) is 3. The smallest absolute Gasteiger partial charge is 0.188 e. The number of nitrogens with two attached hydrogens (primary N) is 2. The number of benzene rings is 1. The maximum Gasteiger partial charge on any atom is 0.188 e. The predicted octanol–water partition coefficient (Wildman–Crippen LogP) is 3.60. The number of fused-ring (bicyclic) bond motifs is 3. The molecule has 1 aromatic carbocycles. The Morgan fingerprint density at radius 1 is 1.17 bits per heavy atom. The molecule has 0 atom stereocenters. The molecule has 156 valence electrons. The molecule has 7 heteroatoms. The van der Waals surface area contributed by atoms with Gasteiger partial charge in [0.2, 0.25) is 0 Å². The number of guanidine groups is 1. The minimum atomic E-state index is 0.296. The Balaban J connectivity index is 1.84. The van der Waals surface area contributed by atoms with Crippen LogP contribution >= 0.6 is 0 Å². The third-order valence-electron chi connectivity index (χ3n) is 4.95. The highest BCUT2D eigenvalue weighted by Crippen LogP contribution is 2.29. The molecule has 0 bridgehead atoms. The second kappa shape index (κ2) is 9.58. The zero-order valence-electron chi connectivity index (χ0n) is 17.8. The maximum absolute atomic E-state index is 6.26. The second-order valence-corrected chi connectivity index (χ2v) is 7.77. The van der Waals surface area contributed by atoms with Gasteiger partial charge in [0.05, 0.1) is 11.0 Å². The Kier molecular flexibility index (Phi) is 6.90. The van der Waals surface area contributed by atoms with Gasteiger partial charge in [-0.05, 0) is 39.2 Å². The molecular formula is C22H33N7. The molecule has 5 N–H and O–H groups in total. The van der Waals surface area contributed by atoms with E-state index in [-0.39, 0.29) is 0 Å². The summed E-state index contributed by atoms with van der Waals surface area (Å²) in [6.07, 6.45) is 5.15. The SMILES string of the molecule is CCCCc1nc2c(N)nc3ccccc3c2n1CCCCN=C(N)NC(C)C. The van der Waals surface area contributed by atoms with Crippen molar-refractivity contribution in [3.63, 3.8) is 0 Å². The van der Waals surface area contributed by atoms with E-state index in [1.165, 1.54) is 0 Å². The number of pyridine rings is 1. The molecule has 3 rings (SSSR count). The predicted molar refractivity (Wildman–Crippen MR) is 122 cm³/mol. The van der Waals surface area contributed by atoms with Crippen molar-refractivity contribution in [2.75, 3.05) is 12.3 Å². The first-order chi connectivity index (χ1) is 14.0. The molecule has 0 aliphatic carbocycles. The number of aromatic nitrogens is 3. The molecule has 2 aromatic heterocycles. The van der Waals surface area contributed by atoms with E-state index in [1.807, 2.05) is 18.2 Å². The van der Waals surface area contributed by atoms with Gasteiger partial charge in [0, 0.05) is 30.9 Å². The summed E-state index contributed by atoms with van der Waals surface area (Å²) in [4.78, 5) is 13.8. The number of imidazole rings is 1. The van der Waals surface area contributed by atoms with Crippen molar-refractivity contribution in [3.05, 3.63) is 30.1 Å². The first-order valence-corrected chi connectivity index (χ1v) is 10.6. The summed E-state index contributed by atoms with van der Waals surface area (Å²) >= 11 is 0. The number of para-hydroxylation sites is 1. The highest BCUT2D eigenvalue weighted by atomic mass is 15.1. The van der Waals surface area contributed by atoms with Gasteiger partial charge in [-0.3, -0.25) is 4.99 Å². The van der Waals surface area contributed by atoms with Crippen molar-refractivity contribution in [1.82, 2.24) is 19.9 Å². The number of hydrogen-bond acceptors (Lipinski definition) is 4. The maximum atomic E-state index is 6.26. The summed E-state index contributed by atoms with van der Waals surface area (Å²) in [5, 5.41) is 4.23. The second-order valence-electron chi connectivity index (χ2n) is 7.77. The fourth-order valence-corrected chi connectivity index (χ4v) is 3.59. The van der Waals surface area contributed by atoms with Gasteiger partial charge in [0.15, 0.2) is 11.8 Å². The topological polar surface area (TPSA) is 107 Å². The lowest BCUT2D eigenvalue weighted by Gasteiger charge is -2.11. The van der Waals surface area contributed by atoms with Gasteiger partial charge in [-0.1, -0.05) is 31.5 Å². The summed E-state index contributed by atoms with van der Waals surface area (Å²) < 4.78 is 2.34. The number of nitrogens with one attached hydrogen (secondary N) is 1. The number of nitrogens with zero attached hydrogens (tertiary/aromatic N) is 4.